The summed E-state index contributed by atoms with van der Waals surface area (Å²) in [5, 5.41) is 6.69. The van der Waals surface area contributed by atoms with Crippen molar-refractivity contribution in [2.45, 2.75) is 40.2 Å². The first-order chi connectivity index (χ1) is 10.1. The second kappa shape index (κ2) is 7.07. The molecule has 0 fully saturated rings. The Morgan fingerprint density at radius 1 is 1.14 bits per heavy atom. The highest BCUT2D eigenvalue weighted by Gasteiger charge is 2.09. The molecule has 2 aromatic rings. The van der Waals surface area contributed by atoms with Crippen molar-refractivity contribution in [2.24, 2.45) is 0 Å². The summed E-state index contributed by atoms with van der Waals surface area (Å²) in [6.45, 7) is 9.27. The average molecular weight is 284 g/mol. The Labute approximate surface area is 127 Å². The van der Waals surface area contributed by atoms with Crippen LogP contribution in [0, 0.1) is 13.8 Å². The molecule has 1 aromatic carbocycles. The van der Waals surface area contributed by atoms with Crippen molar-refractivity contribution in [1.29, 1.82) is 0 Å². The summed E-state index contributed by atoms with van der Waals surface area (Å²) in [6, 6.07) is 8.78. The zero-order valence-electron chi connectivity index (χ0n) is 13.3. The molecular weight excluding hydrogens is 260 g/mol. The zero-order chi connectivity index (χ0) is 15.2. The molecule has 4 heteroatoms. The van der Waals surface area contributed by atoms with Crippen LogP contribution in [-0.4, -0.2) is 16.5 Å². The second-order valence-electron chi connectivity index (χ2n) is 5.43. The van der Waals surface area contributed by atoms with Gasteiger partial charge < -0.3 is 10.6 Å². The topological polar surface area (TPSA) is 49.8 Å². The van der Waals surface area contributed by atoms with Gasteiger partial charge in [-0.15, -0.1) is 0 Å². The molecule has 0 spiro atoms. The molecule has 2 rings (SSSR count). The first-order valence-electron chi connectivity index (χ1n) is 7.50. The van der Waals surface area contributed by atoms with E-state index in [9.17, 15) is 0 Å². The average Bonchev–Trinajstić information content (AvgIpc) is 2.48. The predicted octanol–water partition coefficient (Wildman–Crippen LogP) is 4.09. The molecule has 2 N–H and O–H groups in total. The minimum atomic E-state index is 0.207. The van der Waals surface area contributed by atoms with E-state index in [1.54, 1.807) is 0 Å². The molecule has 0 aliphatic heterocycles. The molecule has 0 saturated heterocycles. The van der Waals surface area contributed by atoms with E-state index in [0.29, 0.717) is 5.95 Å². The number of hydrogen-bond donors (Lipinski definition) is 2. The lowest BCUT2D eigenvalue weighted by Gasteiger charge is -2.17. The fourth-order valence-electron chi connectivity index (χ4n) is 2.05. The molecule has 0 aliphatic rings. The number of nitrogens with zero attached hydrogens (tertiary/aromatic N) is 2. The third kappa shape index (κ3) is 4.18. The second-order valence-corrected chi connectivity index (χ2v) is 5.43. The quantitative estimate of drug-likeness (QED) is 0.839. The van der Waals surface area contributed by atoms with Crippen molar-refractivity contribution in [1.82, 2.24) is 9.97 Å². The number of anilines is 2. The van der Waals surface area contributed by atoms with Gasteiger partial charge in [0.1, 0.15) is 5.82 Å². The first-order valence-corrected chi connectivity index (χ1v) is 7.50. The summed E-state index contributed by atoms with van der Waals surface area (Å²) in [7, 11) is 0. The maximum absolute atomic E-state index is 4.56. The van der Waals surface area contributed by atoms with Crippen molar-refractivity contribution < 1.29 is 0 Å². The van der Waals surface area contributed by atoms with E-state index in [0.717, 1.165) is 24.3 Å². The number of rotatable bonds is 6. The van der Waals surface area contributed by atoms with E-state index < -0.39 is 0 Å². The van der Waals surface area contributed by atoms with Gasteiger partial charge >= 0.3 is 0 Å². The van der Waals surface area contributed by atoms with E-state index in [2.05, 4.69) is 65.6 Å². The van der Waals surface area contributed by atoms with E-state index in [1.165, 1.54) is 11.1 Å². The van der Waals surface area contributed by atoms with Gasteiger partial charge in [0.15, 0.2) is 0 Å². The molecule has 1 aromatic heterocycles. The highest BCUT2D eigenvalue weighted by atomic mass is 15.1. The van der Waals surface area contributed by atoms with E-state index in [1.807, 2.05) is 13.1 Å². The van der Waals surface area contributed by atoms with Crippen LogP contribution in [0.15, 0.2) is 30.5 Å². The van der Waals surface area contributed by atoms with Gasteiger partial charge in [0.25, 0.3) is 0 Å². The van der Waals surface area contributed by atoms with Crippen LogP contribution in [0.4, 0.5) is 11.8 Å². The van der Waals surface area contributed by atoms with E-state index in [4.69, 9.17) is 0 Å². The van der Waals surface area contributed by atoms with Gasteiger partial charge in [-0.2, -0.15) is 4.98 Å². The summed E-state index contributed by atoms with van der Waals surface area (Å²) in [5.74, 6) is 1.57. The van der Waals surface area contributed by atoms with Gasteiger partial charge in [-0.05, 0) is 32.8 Å². The van der Waals surface area contributed by atoms with Crippen LogP contribution in [0.2, 0.25) is 0 Å². The molecule has 0 radical (unpaired) electrons. The fourth-order valence-corrected chi connectivity index (χ4v) is 2.05. The Bertz CT molecular complexity index is 578. The maximum Gasteiger partial charge on any atom is 0.224 e. The van der Waals surface area contributed by atoms with Crippen LogP contribution in [0.25, 0.3) is 0 Å². The highest BCUT2D eigenvalue weighted by Crippen LogP contribution is 2.21. The highest BCUT2D eigenvalue weighted by molar-refractivity contribution is 5.48. The van der Waals surface area contributed by atoms with Gasteiger partial charge in [-0.25, -0.2) is 4.98 Å². The number of hydrogen-bond acceptors (Lipinski definition) is 4. The van der Waals surface area contributed by atoms with Gasteiger partial charge in [0, 0.05) is 24.3 Å². The van der Waals surface area contributed by atoms with Gasteiger partial charge in [0.2, 0.25) is 5.95 Å². The van der Waals surface area contributed by atoms with Crippen molar-refractivity contribution >= 4 is 11.8 Å². The molecule has 0 aliphatic carbocycles. The zero-order valence-corrected chi connectivity index (χ0v) is 13.3. The van der Waals surface area contributed by atoms with Crippen molar-refractivity contribution in [3.05, 3.63) is 47.2 Å². The first kappa shape index (κ1) is 15.3. The van der Waals surface area contributed by atoms with Crippen LogP contribution in [0.5, 0.6) is 0 Å². The SMILES string of the molecule is CCCNc1ncc(C)c(NC(C)c2ccc(C)cc2)n1. The summed E-state index contributed by atoms with van der Waals surface area (Å²) in [6.07, 6.45) is 2.91. The molecule has 1 unspecified atom stereocenters. The Morgan fingerprint density at radius 2 is 1.86 bits per heavy atom. The lowest BCUT2D eigenvalue weighted by molar-refractivity contribution is 0.865. The largest absolute Gasteiger partial charge is 0.363 e. The van der Waals surface area contributed by atoms with Crippen molar-refractivity contribution in [2.75, 3.05) is 17.2 Å². The summed E-state index contributed by atoms with van der Waals surface area (Å²) in [5.41, 5.74) is 3.58. The van der Waals surface area contributed by atoms with Crippen LogP contribution < -0.4 is 10.6 Å². The lowest BCUT2D eigenvalue weighted by Crippen LogP contribution is -2.12. The van der Waals surface area contributed by atoms with Crippen LogP contribution in [0.1, 0.15) is 43.0 Å². The number of aromatic nitrogens is 2. The van der Waals surface area contributed by atoms with E-state index in [-0.39, 0.29) is 6.04 Å². The minimum absolute atomic E-state index is 0.207. The monoisotopic (exact) mass is 284 g/mol. The molecule has 0 amide bonds. The summed E-state index contributed by atoms with van der Waals surface area (Å²) >= 11 is 0. The molecule has 21 heavy (non-hydrogen) atoms. The number of benzene rings is 1. The van der Waals surface area contributed by atoms with E-state index >= 15 is 0 Å². The summed E-state index contributed by atoms with van der Waals surface area (Å²) in [4.78, 5) is 8.87. The molecule has 0 saturated carbocycles. The number of aryl methyl sites for hydroxylation is 2. The summed E-state index contributed by atoms with van der Waals surface area (Å²) < 4.78 is 0. The molecule has 4 nitrogen and oxygen atoms in total. The Morgan fingerprint density at radius 3 is 2.52 bits per heavy atom. The predicted molar refractivity (Wildman–Crippen MR) is 88.8 cm³/mol. The smallest absolute Gasteiger partial charge is 0.224 e. The molecule has 1 atom stereocenters. The molecule has 1 heterocycles. The number of nitrogens with one attached hydrogen (secondary N) is 2. The fraction of sp³-hybridized carbons (Fsp3) is 0.412. The maximum atomic E-state index is 4.56. The van der Waals surface area contributed by atoms with Gasteiger partial charge in [-0.3, -0.25) is 0 Å². The van der Waals surface area contributed by atoms with Crippen LogP contribution >= 0.6 is 0 Å². The lowest BCUT2D eigenvalue weighted by atomic mass is 10.1. The molecular formula is C17H24N4. The standard InChI is InChI=1S/C17H24N4/c1-5-10-18-17-19-11-13(3)16(21-17)20-14(4)15-8-6-12(2)7-9-15/h6-9,11,14H,5,10H2,1-4H3,(H2,18,19,20,21). The van der Waals surface area contributed by atoms with Crippen molar-refractivity contribution in [3.8, 4) is 0 Å². The third-order valence-electron chi connectivity index (χ3n) is 3.44. The Balaban J connectivity index is 2.12. The third-order valence-corrected chi connectivity index (χ3v) is 3.44. The molecule has 0 bridgehead atoms. The Kier molecular flexibility index (Phi) is 5.14. The normalized spacial score (nSPS) is 12.0. The Hall–Kier alpha value is -2.10. The van der Waals surface area contributed by atoms with Gasteiger partial charge in [-0.1, -0.05) is 36.8 Å². The van der Waals surface area contributed by atoms with Crippen LogP contribution in [-0.2, 0) is 0 Å². The van der Waals surface area contributed by atoms with Crippen molar-refractivity contribution in [3.63, 3.8) is 0 Å². The van der Waals surface area contributed by atoms with Gasteiger partial charge in [0.05, 0.1) is 0 Å². The van der Waals surface area contributed by atoms with Crippen LogP contribution in [0.3, 0.4) is 0 Å². The molecule has 112 valence electrons. The minimum Gasteiger partial charge on any atom is -0.363 e.